The van der Waals surface area contributed by atoms with Crippen LogP contribution in [0.3, 0.4) is 0 Å². The van der Waals surface area contributed by atoms with Crippen molar-refractivity contribution >= 4 is 33.6 Å². The van der Waals surface area contributed by atoms with Crippen molar-refractivity contribution in [2.24, 2.45) is 5.92 Å². The van der Waals surface area contributed by atoms with Crippen molar-refractivity contribution in [3.63, 3.8) is 0 Å². The Balaban J connectivity index is 1.52. The fraction of sp³-hybridized carbons (Fsp3) is 0.333. The van der Waals surface area contributed by atoms with Crippen LogP contribution in [0.2, 0.25) is 0 Å². The lowest BCUT2D eigenvalue weighted by Gasteiger charge is -2.12. The summed E-state index contributed by atoms with van der Waals surface area (Å²) >= 11 is 0. The second-order valence-electron chi connectivity index (χ2n) is 6.99. The molecule has 4 rings (SSSR count). The monoisotopic (exact) mass is 351 g/mol. The predicted molar refractivity (Wildman–Crippen MR) is 99.1 cm³/mol. The highest BCUT2D eigenvalue weighted by molar-refractivity contribution is 6.08. The molecular weight excluding hydrogens is 330 g/mol. The van der Waals surface area contributed by atoms with Gasteiger partial charge in [-0.1, -0.05) is 36.4 Å². The fourth-order valence-electron chi connectivity index (χ4n) is 3.35. The van der Waals surface area contributed by atoms with Crippen molar-refractivity contribution < 1.29 is 18.7 Å². The molecule has 1 aliphatic rings. The normalized spacial score (nSPS) is 15.2. The van der Waals surface area contributed by atoms with Crippen LogP contribution in [0.1, 0.15) is 35.9 Å². The fourth-order valence-corrected chi connectivity index (χ4v) is 3.35. The van der Waals surface area contributed by atoms with Gasteiger partial charge in [0.25, 0.3) is 5.91 Å². The molecule has 0 aliphatic heterocycles. The van der Waals surface area contributed by atoms with Crippen LogP contribution in [0.15, 0.2) is 40.8 Å². The number of esters is 1. The highest BCUT2D eigenvalue weighted by Gasteiger charge is 2.29. The van der Waals surface area contributed by atoms with Gasteiger partial charge < -0.3 is 14.5 Å². The number of aryl methyl sites for hydroxylation is 1. The van der Waals surface area contributed by atoms with Crippen molar-refractivity contribution in [1.82, 2.24) is 5.32 Å². The molecule has 0 radical (unpaired) electrons. The third-order valence-corrected chi connectivity index (χ3v) is 5.07. The summed E-state index contributed by atoms with van der Waals surface area (Å²) in [7, 11) is 0. The third-order valence-electron chi connectivity index (χ3n) is 5.07. The van der Waals surface area contributed by atoms with E-state index in [4.69, 9.17) is 9.15 Å². The zero-order chi connectivity index (χ0) is 18.3. The standard InChI is InChI=1S/C21H21NO4/c1-12-16-10-9-15-5-3-4-6-17(15)20(16)26-19(12)21(24)25-11-18(23)22-13(2)14-7-8-14/h3-6,9-10,13-14H,7-8,11H2,1-2H3,(H,22,23)/t13-/m1/s1. The summed E-state index contributed by atoms with van der Waals surface area (Å²) in [6.45, 7) is 3.51. The number of nitrogens with one attached hydrogen (secondary N) is 1. The molecule has 1 saturated carbocycles. The Morgan fingerprint density at radius 3 is 2.73 bits per heavy atom. The van der Waals surface area contributed by atoms with Gasteiger partial charge in [-0.05, 0) is 38.0 Å². The summed E-state index contributed by atoms with van der Waals surface area (Å²) in [6.07, 6.45) is 2.29. The Morgan fingerprint density at radius 2 is 1.96 bits per heavy atom. The van der Waals surface area contributed by atoms with Gasteiger partial charge in [0.15, 0.2) is 6.61 Å². The Labute approximate surface area is 151 Å². The first-order valence-electron chi connectivity index (χ1n) is 8.92. The molecule has 26 heavy (non-hydrogen) atoms. The number of fused-ring (bicyclic) bond motifs is 3. The van der Waals surface area contributed by atoms with Crippen molar-refractivity contribution in [3.8, 4) is 0 Å². The Bertz CT molecular complexity index is 1000. The Kier molecular flexibility index (Phi) is 4.15. The number of hydrogen-bond donors (Lipinski definition) is 1. The minimum absolute atomic E-state index is 0.125. The summed E-state index contributed by atoms with van der Waals surface area (Å²) in [5, 5.41) is 5.74. The van der Waals surface area contributed by atoms with Crippen LogP contribution in [-0.4, -0.2) is 24.5 Å². The molecule has 134 valence electrons. The SMILES string of the molecule is Cc1c(C(=O)OCC(=O)N[C@H](C)C2CC2)oc2c1ccc1ccccc12. The topological polar surface area (TPSA) is 68.5 Å². The van der Waals surface area contributed by atoms with E-state index in [0.29, 0.717) is 11.5 Å². The molecule has 3 aromatic rings. The largest absolute Gasteiger partial charge is 0.450 e. The minimum Gasteiger partial charge on any atom is -0.450 e. The summed E-state index contributed by atoms with van der Waals surface area (Å²) in [4.78, 5) is 24.3. The van der Waals surface area contributed by atoms with E-state index in [2.05, 4.69) is 5.32 Å². The molecule has 0 bridgehead atoms. The van der Waals surface area contributed by atoms with Gasteiger partial charge in [-0.2, -0.15) is 0 Å². The zero-order valence-corrected chi connectivity index (χ0v) is 14.9. The minimum atomic E-state index is -0.614. The number of benzene rings is 2. The lowest BCUT2D eigenvalue weighted by Crippen LogP contribution is -2.37. The quantitative estimate of drug-likeness (QED) is 0.706. The molecule has 1 amide bonds. The van der Waals surface area contributed by atoms with Crippen molar-refractivity contribution in [2.45, 2.75) is 32.7 Å². The molecule has 1 aliphatic carbocycles. The van der Waals surface area contributed by atoms with Gasteiger partial charge in [0.05, 0.1) is 0 Å². The van der Waals surface area contributed by atoms with Crippen LogP contribution < -0.4 is 5.32 Å². The maximum atomic E-state index is 12.4. The van der Waals surface area contributed by atoms with Gasteiger partial charge in [-0.3, -0.25) is 4.79 Å². The van der Waals surface area contributed by atoms with E-state index < -0.39 is 5.97 Å². The molecule has 2 aromatic carbocycles. The van der Waals surface area contributed by atoms with E-state index in [0.717, 1.165) is 34.6 Å². The molecule has 1 atom stereocenters. The smallest absolute Gasteiger partial charge is 0.375 e. The maximum Gasteiger partial charge on any atom is 0.375 e. The van der Waals surface area contributed by atoms with E-state index in [-0.39, 0.29) is 24.3 Å². The van der Waals surface area contributed by atoms with Crippen LogP contribution in [0.5, 0.6) is 0 Å². The number of furan rings is 1. The summed E-state index contributed by atoms with van der Waals surface area (Å²) < 4.78 is 11.0. The second-order valence-corrected chi connectivity index (χ2v) is 6.99. The van der Waals surface area contributed by atoms with Crippen LogP contribution in [0, 0.1) is 12.8 Å². The van der Waals surface area contributed by atoms with Crippen LogP contribution in [0.4, 0.5) is 0 Å². The molecule has 1 aromatic heterocycles. The lowest BCUT2D eigenvalue weighted by atomic mass is 10.1. The zero-order valence-electron chi connectivity index (χ0n) is 14.9. The number of carbonyl (C=O) groups is 2. The molecule has 5 heteroatoms. The van der Waals surface area contributed by atoms with Gasteiger partial charge in [0.1, 0.15) is 5.58 Å². The van der Waals surface area contributed by atoms with E-state index in [1.165, 1.54) is 0 Å². The highest BCUT2D eigenvalue weighted by Crippen LogP contribution is 2.33. The van der Waals surface area contributed by atoms with Gasteiger partial charge >= 0.3 is 5.97 Å². The van der Waals surface area contributed by atoms with Gasteiger partial charge in [0, 0.05) is 22.4 Å². The first kappa shape index (κ1) is 16.6. The first-order valence-corrected chi connectivity index (χ1v) is 8.92. The van der Waals surface area contributed by atoms with E-state index in [1.807, 2.05) is 50.2 Å². The first-order chi connectivity index (χ1) is 12.5. The highest BCUT2D eigenvalue weighted by atomic mass is 16.5. The van der Waals surface area contributed by atoms with Gasteiger partial charge in [0.2, 0.25) is 5.76 Å². The maximum absolute atomic E-state index is 12.4. The average molecular weight is 351 g/mol. The van der Waals surface area contributed by atoms with E-state index >= 15 is 0 Å². The third kappa shape index (κ3) is 3.05. The van der Waals surface area contributed by atoms with Crippen molar-refractivity contribution in [2.75, 3.05) is 6.61 Å². The van der Waals surface area contributed by atoms with Crippen LogP contribution in [-0.2, 0) is 9.53 Å². The van der Waals surface area contributed by atoms with Gasteiger partial charge in [-0.25, -0.2) is 4.79 Å². The molecule has 1 N–H and O–H groups in total. The van der Waals surface area contributed by atoms with Crippen LogP contribution in [0.25, 0.3) is 21.7 Å². The lowest BCUT2D eigenvalue weighted by molar-refractivity contribution is -0.125. The number of ether oxygens (including phenoxy) is 1. The molecular formula is C21H21NO4. The molecule has 1 heterocycles. The number of carbonyl (C=O) groups excluding carboxylic acids is 2. The summed E-state index contributed by atoms with van der Waals surface area (Å²) in [5.74, 6) is -0.186. The van der Waals surface area contributed by atoms with Crippen LogP contribution >= 0.6 is 0 Å². The number of amides is 1. The van der Waals surface area contributed by atoms with Gasteiger partial charge in [-0.15, -0.1) is 0 Å². The summed E-state index contributed by atoms with van der Waals surface area (Å²) in [5.41, 5.74) is 1.39. The molecule has 5 nitrogen and oxygen atoms in total. The van der Waals surface area contributed by atoms with Crippen molar-refractivity contribution in [1.29, 1.82) is 0 Å². The molecule has 0 saturated heterocycles. The average Bonchev–Trinajstić information content (AvgIpc) is 3.44. The molecule has 0 spiro atoms. The van der Waals surface area contributed by atoms with E-state index in [1.54, 1.807) is 0 Å². The Morgan fingerprint density at radius 1 is 1.19 bits per heavy atom. The molecule has 1 fully saturated rings. The summed E-state index contributed by atoms with van der Waals surface area (Å²) in [6, 6.07) is 11.9. The second kappa shape index (κ2) is 6.48. The van der Waals surface area contributed by atoms with E-state index in [9.17, 15) is 9.59 Å². The molecule has 0 unspecified atom stereocenters. The number of rotatable bonds is 5. The number of hydrogen-bond acceptors (Lipinski definition) is 4. The van der Waals surface area contributed by atoms with Crippen molar-refractivity contribution in [3.05, 3.63) is 47.7 Å². The Hall–Kier alpha value is -2.82. The predicted octanol–water partition coefficient (Wildman–Crippen LogP) is 3.97.